The van der Waals surface area contributed by atoms with Gasteiger partial charge in [0.1, 0.15) is 5.76 Å². The van der Waals surface area contributed by atoms with Crippen LogP contribution in [-0.4, -0.2) is 31.4 Å². The number of carbonyl (C=O) groups is 1. The zero-order valence-electron chi connectivity index (χ0n) is 15.5. The van der Waals surface area contributed by atoms with Gasteiger partial charge in [0.2, 0.25) is 10.0 Å². The second-order valence-corrected chi connectivity index (χ2v) is 8.91. The molecule has 0 bridgehead atoms. The Morgan fingerprint density at radius 3 is 2.53 bits per heavy atom. The van der Waals surface area contributed by atoms with Crippen LogP contribution in [0, 0.1) is 0 Å². The topological polar surface area (TPSA) is 92.0 Å². The van der Waals surface area contributed by atoms with E-state index < -0.39 is 22.5 Å². The van der Waals surface area contributed by atoms with E-state index in [0.29, 0.717) is 21.4 Å². The lowest BCUT2D eigenvalue weighted by Gasteiger charge is -2.20. The Morgan fingerprint density at radius 2 is 1.87 bits per heavy atom. The molecule has 30 heavy (non-hydrogen) atoms. The van der Waals surface area contributed by atoms with Gasteiger partial charge in [-0.3, -0.25) is 4.79 Å². The lowest BCUT2D eigenvalue weighted by atomic mass is 10.2. The molecule has 10 heteroatoms. The molecule has 0 unspecified atom stereocenters. The Labute approximate surface area is 184 Å². The monoisotopic (exact) mass is 465 g/mol. The average Bonchev–Trinajstić information content (AvgIpc) is 3.23. The van der Waals surface area contributed by atoms with Crippen molar-refractivity contribution in [3.63, 3.8) is 0 Å². The first-order valence-corrected chi connectivity index (χ1v) is 10.9. The molecule has 0 saturated carbocycles. The van der Waals surface area contributed by atoms with Crippen LogP contribution in [0.1, 0.15) is 11.3 Å². The molecule has 3 aromatic rings. The number of hydrogen-bond donors (Lipinski definition) is 1. The molecule has 0 spiro atoms. The summed E-state index contributed by atoms with van der Waals surface area (Å²) in [4.78, 5) is 12.4. The Bertz CT molecular complexity index is 1130. The van der Waals surface area contributed by atoms with Crippen LogP contribution >= 0.6 is 23.2 Å². The smallest absolute Gasteiger partial charge is 0.255 e. The average molecular weight is 466 g/mol. The Hall–Kier alpha value is -2.65. The van der Waals surface area contributed by atoms with E-state index >= 15 is 0 Å². The number of amides is 1. The van der Waals surface area contributed by atoms with Crippen LogP contribution in [-0.2, 0) is 21.4 Å². The van der Waals surface area contributed by atoms with Crippen molar-refractivity contribution in [1.29, 1.82) is 0 Å². The summed E-state index contributed by atoms with van der Waals surface area (Å²) in [7, 11) is -3.94. The molecule has 156 valence electrons. The largest absolute Gasteiger partial charge is 0.468 e. The van der Waals surface area contributed by atoms with Gasteiger partial charge >= 0.3 is 0 Å². The minimum atomic E-state index is -3.94. The van der Waals surface area contributed by atoms with Crippen LogP contribution in [0.3, 0.4) is 0 Å². The van der Waals surface area contributed by atoms with Crippen LogP contribution in [0.4, 0.5) is 0 Å². The second kappa shape index (κ2) is 9.90. The molecular weight excluding hydrogens is 449 g/mol. The maximum Gasteiger partial charge on any atom is 0.255 e. The Morgan fingerprint density at radius 1 is 1.10 bits per heavy atom. The molecule has 0 aliphatic heterocycles. The fourth-order valence-corrected chi connectivity index (χ4v) is 4.36. The summed E-state index contributed by atoms with van der Waals surface area (Å²) in [6.07, 6.45) is 2.78. The van der Waals surface area contributed by atoms with Gasteiger partial charge in [-0.1, -0.05) is 47.5 Å². The van der Waals surface area contributed by atoms with Crippen LogP contribution in [0.5, 0.6) is 0 Å². The Kier molecular flexibility index (Phi) is 7.28. The maximum absolute atomic E-state index is 13.0. The zero-order chi connectivity index (χ0) is 21.6. The van der Waals surface area contributed by atoms with E-state index in [9.17, 15) is 13.2 Å². The molecule has 0 radical (unpaired) electrons. The predicted octanol–water partition coefficient (Wildman–Crippen LogP) is 3.93. The van der Waals surface area contributed by atoms with Crippen LogP contribution in [0.2, 0.25) is 10.0 Å². The van der Waals surface area contributed by atoms with Crippen molar-refractivity contribution in [2.45, 2.75) is 11.4 Å². The highest BCUT2D eigenvalue weighted by molar-refractivity contribution is 7.89. The molecule has 1 N–H and O–H groups in total. The normalized spacial score (nSPS) is 11.8. The maximum atomic E-state index is 13.0. The number of nitrogens with one attached hydrogen (secondary N) is 1. The van der Waals surface area contributed by atoms with Gasteiger partial charge in [0.25, 0.3) is 5.91 Å². The van der Waals surface area contributed by atoms with E-state index in [1.54, 1.807) is 48.5 Å². The van der Waals surface area contributed by atoms with Crippen molar-refractivity contribution in [3.05, 3.63) is 88.3 Å². The summed E-state index contributed by atoms with van der Waals surface area (Å²) in [5.41, 5.74) is 2.86. The molecule has 1 aromatic heterocycles. The van der Waals surface area contributed by atoms with Gasteiger partial charge in [-0.05, 0) is 36.4 Å². The molecule has 0 aliphatic rings. The molecule has 0 saturated heterocycles. The van der Waals surface area contributed by atoms with Gasteiger partial charge in [-0.15, -0.1) is 0 Å². The number of furan rings is 1. The highest BCUT2D eigenvalue weighted by Crippen LogP contribution is 2.20. The first-order valence-electron chi connectivity index (χ1n) is 8.71. The van der Waals surface area contributed by atoms with E-state index in [1.165, 1.54) is 24.6 Å². The minimum absolute atomic E-state index is 0.0702. The van der Waals surface area contributed by atoms with Crippen molar-refractivity contribution >= 4 is 45.3 Å². The number of sulfonamides is 1. The van der Waals surface area contributed by atoms with Gasteiger partial charge in [0, 0.05) is 10.6 Å². The number of carbonyl (C=O) groups excluding carboxylic acids is 1. The number of rotatable bonds is 8. The molecule has 0 fully saturated rings. The molecular formula is C20H17Cl2N3O4S. The third kappa shape index (κ3) is 5.70. The third-order valence-electron chi connectivity index (χ3n) is 3.97. The van der Waals surface area contributed by atoms with Gasteiger partial charge in [-0.2, -0.15) is 9.41 Å². The number of benzene rings is 2. The van der Waals surface area contributed by atoms with Crippen molar-refractivity contribution in [1.82, 2.24) is 9.73 Å². The van der Waals surface area contributed by atoms with Crippen molar-refractivity contribution in [3.8, 4) is 0 Å². The molecule has 1 amide bonds. The molecule has 0 aliphatic carbocycles. The van der Waals surface area contributed by atoms with Crippen molar-refractivity contribution < 1.29 is 17.6 Å². The van der Waals surface area contributed by atoms with E-state index in [2.05, 4.69) is 10.5 Å². The van der Waals surface area contributed by atoms with Crippen molar-refractivity contribution in [2.75, 3.05) is 6.54 Å². The molecule has 0 atom stereocenters. The summed E-state index contributed by atoms with van der Waals surface area (Å²) in [6.45, 7) is -0.562. The zero-order valence-corrected chi connectivity index (χ0v) is 17.9. The molecule has 2 aromatic carbocycles. The summed E-state index contributed by atoms with van der Waals surface area (Å²) in [5, 5.41) is 4.68. The molecule has 3 rings (SSSR count). The lowest BCUT2D eigenvalue weighted by molar-refractivity contribution is -0.121. The summed E-state index contributed by atoms with van der Waals surface area (Å²) in [6, 6.07) is 15.9. The fourth-order valence-electron chi connectivity index (χ4n) is 2.52. The first-order chi connectivity index (χ1) is 14.4. The van der Waals surface area contributed by atoms with E-state index in [0.717, 1.165) is 4.31 Å². The highest BCUT2D eigenvalue weighted by Gasteiger charge is 2.27. The molecule has 1 heterocycles. The van der Waals surface area contributed by atoms with Gasteiger partial charge in [-0.25, -0.2) is 13.8 Å². The number of hydrazone groups is 1. The van der Waals surface area contributed by atoms with Crippen LogP contribution < -0.4 is 5.43 Å². The highest BCUT2D eigenvalue weighted by atomic mass is 35.5. The summed E-state index contributed by atoms with van der Waals surface area (Å²) < 4.78 is 32.3. The minimum Gasteiger partial charge on any atom is -0.468 e. The van der Waals surface area contributed by atoms with E-state index in [1.807, 2.05) is 0 Å². The quantitative estimate of drug-likeness (QED) is 0.402. The van der Waals surface area contributed by atoms with Crippen LogP contribution in [0.15, 0.2) is 81.3 Å². The number of halogens is 2. The van der Waals surface area contributed by atoms with Crippen LogP contribution in [0.25, 0.3) is 0 Å². The number of hydrogen-bond acceptors (Lipinski definition) is 5. The lowest BCUT2D eigenvalue weighted by Crippen LogP contribution is -2.39. The second-order valence-electron chi connectivity index (χ2n) is 6.12. The van der Waals surface area contributed by atoms with Gasteiger partial charge in [0.15, 0.2) is 0 Å². The fraction of sp³-hybridized carbons (Fsp3) is 0.100. The predicted molar refractivity (Wildman–Crippen MR) is 115 cm³/mol. The summed E-state index contributed by atoms with van der Waals surface area (Å²) >= 11 is 11.9. The van der Waals surface area contributed by atoms with E-state index in [4.69, 9.17) is 27.6 Å². The number of nitrogens with zero attached hydrogens (tertiary/aromatic N) is 2. The van der Waals surface area contributed by atoms with Gasteiger partial charge < -0.3 is 4.42 Å². The first kappa shape index (κ1) is 22.0. The Balaban J connectivity index is 1.74. The third-order valence-corrected chi connectivity index (χ3v) is 6.34. The summed E-state index contributed by atoms with van der Waals surface area (Å²) in [5.74, 6) is -0.221. The van der Waals surface area contributed by atoms with Crippen molar-refractivity contribution in [2.24, 2.45) is 5.10 Å². The van der Waals surface area contributed by atoms with Gasteiger partial charge in [0.05, 0.1) is 35.5 Å². The SMILES string of the molecule is O=C(CN(Cc1ccco1)S(=O)(=O)c1ccccc1)N/N=C/c1ccc(Cl)cc1Cl. The van der Waals surface area contributed by atoms with E-state index in [-0.39, 0.29) is 11.4 Å². The molecule has 7 nitrogen and oxygen atoms in total. The standard InChI is InChI=1S/C20H17Cl2N3O4S/c21-16-9-8-15(19(22)11-16)12-23-24-20(26)14-25(13-17-5-4-10-29-17)30(27,28)18-6-2-1-3-7-18/h1-12H,13-14H2,(H,24,26)/b23-12+.